The molecule has 0 N–H and O–H groups in total. The van der Waals surface area contributed by atoms with Crippen LogP contribution in [0.1, 0.15) is 25.5 Å². The number of hydrogen-bond acceptors (Lipinski definition) is 7. The van der Waals surface area contributed by atoms with Gasteiger partial charge in [-0.1, -0.05) is 0 Å². The van der Waals surface area contributed by atoms with Crippen LogP contribution in [0.5, 0.6) is 5.75 Å². The lowest BCUT2D eigenvalue weighted by atomic mass is 10.2. The van der Waals surface area contributed by atoms with Crippen LogP contribution in [0.25, 0.3) is 10.6 Å². The molecule has 174 valence electrons. The Hall–Kier alpha value is -3.27. The van der Waals surface area contributed by atoms with Gasteiger partial charge in [0.15, 0.2) is 0 Å². The van der Waals surface area contributed by atoms with E-state index in [1.807, 2.05) is 36.6 Å². The molecule has 0 aliphatic carbocycles. The van der Waals surface area contributed by atoms with Gasteiger partial charge in [0, 0.05) is 50.0 Å². The van der Waals surface area contributed by atoms with Gasteiger partial charge in [-0.2, -0.15) is 0 Å². The molecule has 0 unspecified atom stereocenters. The number of hydrogen-bond donors (Lipinski definition) is 0. The van der Waals surface area contributed by atoms with E-state index in [0.29, 0.717) is 32.8 Å². The third-order valence-corrected chi connectivity index (χ3v) is 6.67. The molecule has 2 aliphatic heterocycles. The lowest BCUT2D eigenvalue weighted by Gasteiger charge is -2.35. The van der Waals surface area contributed by atoms with E-state index in [9.17, 15) is 19.2 Å². The summed E-state index contributed by atoms with van der Waals surface area (Å²) in [5.41, 5.74) is 1.70. The Morgan fingerprint density at radius 3 is 2.18 bits per heavy atom. The normalized spacial score (nSPS) is 16.5. The highest BCUT2D eigenvalue weighted by Gasteiger charge is 2.33. The van der Waals surface area contributed by atoms with E-state index >= 15 is 0 Å². The quantitative estimate of drug-likeness (QED) is 0.570. The molecular formula is C23H26N4O5S. The van der Waals surface area contributed by atoms with Gasteiger partial charge in [-0.15, -0.1) is 11.3 Å². The minimum Gasteiger partial charge on any atom is -0.494 e. The Labute approximate surface area is 195 Å². The fraction of sp³-hybridized carbons (Fsp3) is 0.435. The minimum atomic E-state index is -0.296. The summed E-state index contributed by atoms with van der Waals surface area (Å²) in [6, 6.07) is 7.71. The number of imide groups is 1. The largest absolute Gasteiger partial charge is 0.494 e. The van der Waals surface area contributed by atoms with Crippen molar-refractivity contribution in [2.75, 3.05) is 39.3 Å². The molecule has 3 heterocycles. The fourth-order valence-corrected chi connectivity index (χ4v) is 4.71. The van der Waals surface area contributed by atoms with E-state index in [1.54, 1.807) is 9.80 Å². The van der Waals surface area contributed by atoms with E-state index in [1.165, 1.54) is 11.3 Å². The summed E-state index contributed by atoms with van der Waals surface area (Å²) >= 11 is 1.49. The molecule has 1 aromatic heterocycles. The maximum atomic E-state index is 12.7. The SMILES string of the molecule is CCOc1ccc(-c2nc(CC(=O)N3CCN(C(=O)CN4C(=O)CCC4=O)CC3)cs2)cc1. The van der Waals surface area contributed by atoms with Gasteiger partial charge in [0.1, 0.15) is 17.3 Å². The van der Waals surface area contributed by atoms with Crippen LogP contribution >= 0.6 is 11.3 Å². The van der Waals surface area contributed by atoms with Crippen molar-refractivity contribution in [1.82, 2.24) is 19.7 Å². The Morgan fingerprint density at radius 1 is 0.970 bits per heavy atom. The highest BCUT2D eigenvalue weighted by Crippen LogP contribution is 2.26. The molecular weight excluding hydrogens is 444 g/mol. The zero-order chi connectivity index (χ0) is 23.4. The summed E-state index contributed by atoms with van der Waals surface area (Å²) in [6.45, 7) is 3.95. The van der Waals surface area contributed by atoms with E-state index < -0.39 is 0 Å². The zero-order valence-electron chi connectivity index (χ0n) is 18.5. The predicted octanol–water partition coefficient (Wildman–Crippen LogP) is 1.57. The van der Waals surface area contributed by atoms with Crippen LogP contribution in [0.15, 0.2) is 29.6 Å². The van der Waals surface area contributed by atoms with E-state index in [-0.39, 0.29) is 49.4 Å². The third kappa shape index (κ3) is 5.39. The molecule has 10 heteroatoms. The molecule has 2 aliphatic rings. The van der Waals surface area contributed by atoms with Crippen LogP contribution < -0.4 is 4.74 Å². The lowest BCUT2D eigenvalue weighted by molar-refractivity contribution is -0.147. The molecule has 4 amide bonds. The molecule has 0 radical (unpaired) electrons. The molecule has 33 heavy (non-hydrogen) atoms. The van der Waals surface area contributed by atoms with Gasteiger partial charge in [0.2, 0.25) is 23.6 Å². The Balaban J connectivity index is 1.27. The van der Waals surface area contributed by atoms with Gasteiger partial charge < -0.3 is 14.5 Å². The first-order valence-corrected chi connectivity index (χ1v) is 11.9. The third-order valence-electron chi connectivity index (χ3n) is 5.73. The van der Waals surface area contributed by atoms with Gasteiger partial charge in [-0.3, -0.25) is 24.1 Å². The van der Waals surface area contributed by atoms with Gasteiger partial charge >= 0.3 is 0 Å². The molecule has 4 rings (SSSR count). The maximum absolute atomic E-state index is 12.7. The number of thiazole rings is 1. The summed E-state index contributed by atoms with van der Waals surface area (Å²) < 4.78 is 5.46. The van der Waals surface area contributed by atoms with Crippen molar-refractivity contribution in [3.05, 3.63) is 35.3 Å². The fourth-order valence-electron chi connectivity index (χ4n) is 3.89. The number of benzene rings is 1. The Kier molecular flexibility index (Phi) is 7.02. The number of aromatic nitrogens is 1. The van der Waals surface area contributed by atoms with Crippen LogP contribution in [0.3, 0.4) is 0 Å². The smallest absolute Gasteiger partial charge is 0.242 e. The van der Waals surface area contributed by atoms with E-state index in [2.05, 4.69) is 4.98 Å². The van der Waals surface area contributed by atoms with Gasteiger partial charge in [-0.25, -0.2) is 4.98 Å². The first-order chi connectivity index (χ1) is 15.9. The highest BCUT2D eigenvalue weighted by atomic mass is 32.1. The maximum Gasteiger partial charge on any atom is 0.242 e. The van der Waals surface area contributed by atoms with E-state index in [0.717, 1.165) is 26.9 Å². The topological polar surface area (TPSA) is 100 Å². The van der Waals surface area contributed by atoms with Gasteiger partial charge in [-0.05, 0) is 31.2 Å². The Bertz CT molecular complexity index is 1030. The van der Waals surface area contributed by atoms with Crippen LogP contribution in [-0.2, 0) is 25.6 Å². The second-order valence-corrected chi connectivity index (χ2v) is 8.77. The summed E-state index contributed by atoms with van der Waals surface area (Å²) in [4.78, 5) is 57.6. The van der Waals surface area contributed by atoms with Gasteiger partial charge in [0.25, 0.3) is 0 Å². The van der Waals surface area contributed by atoms with Gasteiger partial charge in [0.05, 0.1) is 18.7 Å². The number of nitrogens with zero attached hydrogens (tertiary/aromatic N) is 4. The molecule has 0 saturated carbocycles. The second kappa shape index (κ2) is 10.1. The van der Waals surface area contributed by atoms with Crippen molar-refractivity contribution in [3.63, 3.8) is 0 Å². The second-order valence-electron chi connectivity index (χ2n) is 7.91. The van der Waals surface area contributed by atoms with Crippen molar-refractivity contribution in [2.24, 2.45) is 0 Å². The van der Waals surface area contributed by atoms with Crippen LogP contribution in [-0.4, -0.2) is 82.6 Å². The number of likely N-dealkylation sites (tertiary alicyclic amines) is 1. The lowest BCUT2D eigenvalue weighted by Crippen LogP contribution is -2.53. The Morgan fingerprint density at radius 2 is 1.58 bits per heavy atom. The summed E-state index contributed by atoms with van der Waals surface area (Å²) in [5, 5.41) is 2.75. The van der Waals surface area contributed by atoms with Crippen molar-refractivity contribution in [3.8, 4) is 16.3 Å². The summed E-state index contributed by atoms with van der Waals surface area (Å²) in [5.74, 6) is -0.0738. The monoisotopic (exact) mass is 470 g/mol. The first-order valence-electron chi connectivity index (χ1n) is 11.0. The molecule has 2 saturated heterocycles. The number of carbonyl (C=O) groups is 4. The van der Waals surface area contributed by atoms with Crippen molar-refractivity contribution in [1.29, 1.82) is 0 Å². The van der Waals surface area contributed by atoms with Crippen molar-refractivity contribution >= 4 is 35.0 Å². The van der Waals surface area contributed by atoms with Crippen molar-refractivity contribution in [2.45, 2.75) is 26.2 Å². The molecule has 0 spiro atoms. The number of carbonyl (C=O) groups excluding carboxylic acids is 4. The highest BCUT2D eigenvalue weighted by molar-refractivity contribution is 7.13. The van der Waals surface area contributed by atoms with Crippen LogP contribution in [0.4, 0.5) is 0 Å². The zero-order valence-corrected chi connectivity index (χ0v) is 19.3. The van der Waals surface area contributed by atoms with E-state index in [4.69, 9.17) is 4.74 Å². The number of piperazine rings is 1. The number of ether oxygens (including phenoxy) is 1. The molecule has 2 aromatic rings. The van der Waals surface area contributed by atoms with Crippen molar-refractivity contribution < 1.29 is 23.9 Å². The summed E-state index contributed by atoms with van der Waals surface area (Å²) in [6.07, 6.45) is 0.550. The standard InChI is InChI=1S/C23H26N4O5S/c1-2-32-18-5-3-16(4-6-18)23-24-17(15-33-23)13-21(30)25-9-11-26(12-10-25)22(31)14-27-19(28)7-8-20(27)29/h3-6,15H,2,7-14H2,1H3. The molecule has 9 nitrogen and oxygen atoms in total. The van der Waals surface area contributed by atoms with Crippen LogP contribution in [0.2, 0.25) is 0 Å². The molecule has 0 bridgehead atoms. The first kappa shape index (κ1) is 22.9. The average molecular weight is 471 g/mol. The molecule has 0 atom stereocenters. The number of amides is 4. The van der Waals surface area contributed by atoms with Crippen LogP contribution in [0, 0.1) is 0 Å². The molecule has 2 fully saturated rings. The number of rotatable bonds is 7. The predicted molar refractivity (Wildman–Crippen MR) is 122 cm³/mol. The minimum absolute atomic E-state index is 0.0319. The summed E-state index contributed by atoms with van der Waals surface area (Å²) in [7, 11) is 0. The molecule has 1 aromatic carbocycles. The average Bonchev–Trinajstić information content (AvgIpc) is 3.41.